The van der Waals surface area contributed by atoms with E-state index in [1.165, 1.54) is 0 Å². The van der Waals surface area contributed by atoms with Crippen LogP contribution in [0.25, 0.3) is 0 Å². The summed E-state index contributed by atoms with van der Waals surface area (Å²) in [6.07, 6.45) is 1.79. The topological polar surface area (TPSA) is 30.7 Å². The van der Waals surface area contributed by atoms with Gasteiger partial charge in [-0.15, -0.1) is 10.2 Å². The van der Waals surface area contributed by atoms with E-state index in [-0.39, 0.29) is 0 Å². The fourth-order valence-electron chi connectivity index (χ4n) is 1.06. The van der Waals surface area contributed by atoms with E-state index in [1.54, 1.807) is 6.33 Å². The Kier molecular flexibility index (Phi) is 2.27. The van der Waals surface area contributed by atoms with Gasteiger partial charge in [-0.2, -0.15) is 0 Å². The number of rotatable bonds is 2. The quantitative estimate of drug-likeness (QED) is 0.650. The van der Waals surface area contributed by atoms with Crippen molar-refractivity contribution in [3.63, 3.8) is 0 Å². The molecule has 0 N–H and O–H groups in total. The summed E-state index contributed by atoms with van der Waals surface area (Å²) in [4.78, 5) is 0. The molecule has 0 bridgehead atoms. The molecule has 1 aromatic rings. The molecule has 0 radical (unpaired) electrons. The molecule has 0 saturated carbocycles. The van der Waals surface area contributed by atoms with Crippen LogP contribution in [0.2, 0.25) is 0 Å². The van der Waals surface area contributed by atoms with Crippen molar-refractivity contribution in [3.05, 3.63) is 12.2 Å². The van der Waals surface area contributed by atoms with Gasteiger partial charge in [0, 0.05) is 12.0 Å². The smallest absolute Gasteiger partial charge is 0.135 e. The van der Waals surface area contributed by atoms with Crippen molar-refractivity contribution in [2.45, 2.75) is 39.7 Å². The average Bonchev–Trinajstić information content (AvgIpc) is 2.32. The Bertz CT molecular complexity index is 202. The van der Waals surface area contributed by atoms with Gasteiger partial charge in [0.2, 0.25) is 0 Å². The van der Waals surface area contributed by atoms with Gasteiger partial charge in [-0.25, -0.2) is 0 Å². The molecule has 62 valence electrons. The van der Waals surface area contributed by atoms with Gasteiger partial charge in [-0.3, -0.25) is 0 Å². The lowest BCUT2D eigenvalue weighted by Gasteiger charge is -2.11. The SMILES string of the molecule is CC(C)c1nncn1C(C)C. The second-order valence-electron chi connectivity index (χ2n) is 3.34. The Morgan fingerprint density at radius 2 is 1.91 bits per heavy atom. The number of hydrogen-bond acceptors (Lipinski definition) is 2. The monoisotopic (exact) mass is 153 g/mol. The fourth-order valence-corrected chi connectivity index (χ4v) is 1.06. The minimum atomic E-state index is 0.458. The van der Waals surface area contributed by atoms with Crippen LogP contribution < -0.4 is 0 Å². The van der Waals surface area contributed by atoms with E-state index < -0.39 is 0 Å². The predicted octanol–water partition coefficient (Wildman–Crippen LogP) is 1.98. The van der Waals surface area contributed by atoms with Crippen molar-refractivity contribution >= 4 is 0 Å². The van der Waals surface area contributed by atoms with E-state index in [0.29, 0.717) is 12.0 Å². The number of aromatic nitrogens is 3. The molecule has 3 heteroatoms. The molecule has 0 aliphatic carbocycles. The summed E-state index contributed by atoms with van der Waals surface area (Å²) in [6.45, 7) is 8.52. The molecule has 1 rings (SSSR count). The first-order chi connectivity index (χ1) is 5.13. The summed E-state index contributed by atoms with van der Waals surface area (Å²) in [5, 5.41) is 7.93. The zero-order valence-electron chi connectivity index (χ0n) is 7.57. The van der Waals surface area contributed by atoms with E-state index in [2.05, 4.69) is 42.5 Å². The molecule has 0 amide bonds. The second-order valence-corrected chi connectivity index (χ2v) is 3.34. The first kappa shape index (κ1) is 8.24. The van der Waals surface area contributed by atoms with Gasteiger partial charge >= 0.3 is 0 Å². The van der Waals surface area contributed by atoms with Crippen molar-refractivity contribution < 1.29 is 0 Å². The molecule has 0 saturated heterocycles. The summed E-state index contributed by atoms with van der Waals surface area (Å²) in [6, 6.07) is 0.461. The van der Waals surface area contributed by atoms with Crippen molar-refractivity contribution in [2.24, 2.45) is 0 Å². The summed E-state index contributed by atoms with van der Waals surface area (Å²) in [5.41, 5.74) is 0. The molecule has 0 spiro atoms. The molecular weight excluding hydrogens is 138 g/mol. The molecule has 3 nitrogen and oxygen atoms in total. The lowest BCUT2D eigenvalue weighted by molar-refractivity contribution is 0.549. The van der Waals surface area contributed by atoms with Crippen molar-refractivity contribution in [2.75, 3.05) is 0 Å². The van der Waals surface area contributed by atoms with Gasteiger partial charge in [-0.1, -0.05) is 13.8 Å². The summed E-state index contributed by atoms with van der Waals surface area (Å²) < 4.78 is 2.10. The molecule has 1 heterocycles. The third kappa shape index (κ3) is 1.59. The van der Waals surface area contributed by atoms with Crippen LogP contribution in [0, 0.1) is 0 Å². The van der Waals surface area contributed by atoms with Gasteiger partial charge in [-0.05, 0) is 13.8 Å². The van der Waals surface area contributed by atoms with Crippen LogP contribution in [0.1, 0.15) is 45.5 Å². The fraction of sp³-hybridized carbons (Fsp3) is 0.750. The van der Waals surface area contributed by atoms with Crippen molar-refractivity contribution in [1.29, 1.82) is 0 Å². The van der Waals surface area contributed by atoms with Crippen LogP contribution in [0.5, 0.6) is 0 Å². The molecule has 0 aliphatic rings. The zero-order valence-corrected chi connectivity index (χ0v) is 7.57. The normalized spacial score (nSPS) is 11.5. The Labute approximate surface area is 67.4 Å². The van der Waals surface area contributed by atoms with Crippen LogP contribution >= 0.6 is 0 Å². The average molecular weight is 153 g/mol. The van der Waals surface area contributed by atoms with Gasteiger partial charge in [0.05, 0.1) is 0 Å². The van der Waals surface area contributed by atoms with Crippen LogP contribution in [-0.4, -0.2) is 14.8 Å². The Morgan fingerprint density at radius 1 is 1.27 bits per heavy atom. The van der Waals surface area contributed by atoms with Crippen LogP contribution in [0.15, 0.2) is 6.33 Å². The zero-order chi connectivity index (χ0) is 8.43. The first-order valence-corrected chi connectivity index (χ1v) is 4.02. The maximum atomic E-state index is 4.05. The van der Waals surface area contributed by atoms with Crippen LogP contribution in [0.4, 0.5) is 0 Å². The minimum absolute atomic E-state index is 0.458. The first-order valence-electron chi connectivity index (χ1n) is 4.02. The van der Waals surface area contributed by atoms with Gasteiger partial charge in [0.1, 0.15) is 12.2 Å². The highest BCUT2D eigenvalue weighted by atomic mass is 15.3. The maximum Gasteiger partial charge on any atom is 0.135 e. The summed E-state index contributed by atoms with van der Waals surface area (Å²) in [5.74, 6) is 1.53. The molecule has 11 heavy (non-hydrogen) atoms. The third-order valence-electron chi connectivity index (χ3n) is 1.67. The highest BCUT2D eigenvalue weighted by molar-refractivity contribution is 4.93. The lowest BCUT2D eigenvalue weighted by Crippen LogP contribution is -2.06. The number of hydrogen-bond donors (Lipinski definition) is 0. The molecule has 0 aliphatic heterocycles. The number of nitrogens with zero attached hydrogens (tertiary/aromatic N) is 3. The van der Waals surface area contributed by atoms with E-state index >= 15 is 0 Å². The van der Waals surface area contributed by atoms with E-state index in [4.69, 9.17) is 0 Å². The van der Waals surface area contributed by atoms with Crippen molar-refractivity contribution in [1.82, 2.24) is 14.8 Å². The molecule has 0 fully saturated rings. The lowest BCUT2D eigenvalue weighted by atomic mass is 10.2. The Balaban J connectivity index is 2.96. The Hall–Kier alpha value is -0.860. The van der Waals surface area contributed by atoms with Crippen molar-refractivity contribution in [3.8, 4) is 0 Å². The maximum absolute atomic E-state index is 4.05. The van der Waals surface area contributed by atoms with Gasteiger partial charge in [0.25, 0.3) is 0 Å². The molecule has 0 atom stereocenters. The highest BCUT2D eigenvalue weighted by Gasteiger charge is 2.09. The molecule has 1 aromatic heterocycles. The Morgan fingerprint density at radius 3 is 2.27 bits per heavy atom. The second kappa shape index (κ2) is 3.03. The van der Waals surface area contributed by atoms with Crippen LogP contribution in [-0.2, 0) is 0 Å². The van der Waals surface area contributed by atoms with Crippen LogP contribution in [0.3, 0.4) is 0 Å². The van der Waals surface area contributed by atoms with Gasteiger partial charge < -0.3 is 4.57 Å². The standard InChI is InChI=1S/C8H15N3/c1-6(2)8-10-9-5-11(8)7(3)4/h5-7H,1-4H3. The molecular formula is C8H15N3. The van der Waals surface area contributed by atoms with E-state index in [0.717, 1.165) is 5.82 Å². The predicted molar refractivity (Wildman–Crippen MR) is 44.5 cm³/mol. The summed E-state index contributed by atoms with van der Waals surface area (Å²) >= 11 is 0. The van der Waals surface area contributed by atoms with Gasteiger partial charge in [0.15, 0.2) is 0 Å². The minimum Gasteiger partial charge on any atom is -0.315 e. The largest absolute Gasteiger partial charge is 0.315 e. The van der Waals surface area contributed by atoms with E-state index in [1.807, 2.05) is 0 Å². The molecule has 0 aromatic carbocycles. The highest BCUT2D eigenvalue weighted by Crippen LogP contribution is 2.14. The molecule has 0 unspecified atom stereocenters. The van der Waals surface area contributed by atoms with E-state index in [9.17, 15) is 0 Å². The summed E-state index contributed by atoms with van der Waals surface area (Å²) in [7, 11) is 0. The third-order valence-corrected chi connectivity index (χ3v) is 1.67.